The van der Waals surface area contributed by atoms with Crippen LogP contribution in [0.4, 0.5) is 24.5 Å². The lowest BCUT2D eigenvalue weighted by molar-refractivity contribution is -0.120. The summed E-state index contributed by atoms with van der Waals surface area (Å²) in [6, 6.07) is 14.1. The summed E-state index contributed by atoms with van der Waals surface area (Å²) in [6.45, 7) is 0. The fourth-order valence-electron chi connectivity index (χ4n) is 3.26. The molecule has 31 heavy (non-hydrogen) atoms. The molecule has 0 aromatic heterocycles. The van der Waals surface area contributed by atoms with Gasteiger partial charge in [-0.3, -0.25) is 9.59 Å². The Balaban J connectivity index is 1.83. The van der Waals surface area contributed by atoms with Gasteiger partial charge in [0.05, 0.1) is 18.4 Å². The highest BCUT2D eigenvalue weighted by atomic mass is 19.1. The molecule has 0 saturated heterocycles. The van der Waals surface area contributed by atoms with Crippen molar-refractivity contribution in [3.8, 4) is 5.75 Å². The molecule has 4 rings (SSSR count). The highest BCUT2D eigenvalue weighted by Crippen LogP contribution is 2.35. The number of rotatable bonds is 5. The lowest BCUT2D eigenvalue weighted by Gasteiger charge is -2.16. The van der Waals surface area contributed by atoms with Gasteiger partial charge in [0.2, 0.25) is 0 Å². The predicted molar refractivity (Wildman–Crippen MR) is 109 cm³/mol. The maximum absolute atomic E-state index is 14.4. The molecule has 0 atom stereocenters. The van der Waals surface area contributed by atoms with Crippen molar-refractivity contribution in [3.63, 3.8) is 0 Å². The standard InChI is InChI=1S/C23H15F3N2O3/c1-31-17-4-2-3-16(12-17)27-21-20(13-5-7-14(24)8-6-13)22(29)28(23(21)30)19-10-9-15(25)11-18(19)26/h2-12,27H,1H3. The largest absolute Gasteiger partial charge is 0.497 e. The number of ether oxygens (including phenoxy) is 1. The van der Waals surface area contributed by atoms with Crippen molar-refractivity contribution < 1.29 is 27.5 Å². The van der Waals surface area contributed by atoms with E-state index in [9.17, 15) is 22.8 Å². The van der Waals surface area contributed by atoms with Gasteiger partial charge < -0.3 is 10.1 Å². The molecule has 1 aliphatic rings. The van der Waals surface area contributed by atoms with E-state index >= 15 is 0 Å². The van der Waals surface area contributed by atoms with Gasteiger partial charge in [0.15, 0.2) is 0 Å². The summed E-state index contributed by atoms with van der Waals surface area (Å²) in [5.74, 6) is -3.59. The van der Waals surface area contributed by atoms with Crippen molar-refractivity contribution in [2.75, 3.05) is 17.3 Å². The summed E-state index contributed by atoms with van der Waals surface area (Å²) in [5.41, 5.74) is 0.107. The number of carbonyl (C=O) groups is 2. The Morgan fingerprint density at radius 1 is 0.839 bits per heavy atom. The van der Waals surface area contributed by atoms with Gasteiger partial charge in [0.1, 0.15) is 28.9 Å². The molecule has 8 heteroatoms. The number of nitrogens with zero attached hydrogens (tertiary/aromatic N) is 1. The van der Waals surface area contributed by atoms with Crippen molar-refractivity contribution in [1.82, 2.24) is 0 Å². The number of benzene rings is 3. The van der Waals surface area contributed by atoms with Crippen LogP contribution in [0.3, 0.4) is 0 Å². The first-order chi connectivity index (χ1) is 14.9. The van der Waals surface area contributed by atoms with Crippen molar-refractivity contribution in [2.24, 2.45) is 0 Å². The second-order valence-electron chi connectivity index (χ2n) is 6.66. The molecule has 3 aromatic carbocycles. The topological polar surface area (TPSA) is 58.6 Å². The van der Waals surface area contributed by atoms with Gasteiger partial charge in [-0.1, -0.05) is 18.2 Å². The number of amides is 2. The summed E-state index contributed by atoms with van der Waals surface area (Å²) < 4.78 is 46.3. The summed E-state index contributed by atoms with van der Waals surface area (Å²) in [7, 11) is 1.48. The molecule has 5 nitrogen and oxygen atoms in total. The number of carbonyl (C=O) groups excluding carboxylic acids is 2. The van der Waals surface area contributed by atoms with Crippen LogP contribution >= 0.6 is 0 Å². The average molecular weight is 424 g/mol. The zero-order valence-corrected chi connectivity index (χ0v) is 16.2. The summed E-state index contributed by atoms with van der Waals surface area (Å²) >= 11 is 0. The van der Waals surface area contributed by atoms with Gasteiger partial charge in [-0.25, -0.2) is 18.1 Å². The van der Waals surface area contributed by atoms with Gasteiger partial charge in [-0.05, 0) is 42.0 Å². The molecule has 1 heterocycles. The fourth-order valence-corrected chi connectivity index (χ4v) is 3.26. The smallest absolute Gasteiger partial charge is 0.282 e. The predicted octanol–water partition coefficient (Wildman–Crippen LogP) is 4.51. The first kappa shape index (κ1) is 20.2. The second kappa shape index (κ2) is 7.98. The molecular weight excluding hydrogens is 409 g/mol. The van der Waals surface area contributed by atoms with Gasteiger partial charge in [0.25, 0.3) is 11.8 Å². The van der Waals surface area contributed by atoms with E-state index in [-0.39, 0.29) is 16.8 Å². The quantitative estimate of drug-likeness (QED) is 0.613. The minimum absolute atomic E-state index is 0.0726. The van der Waals surface area contributed by atoms with Gasteiger partial charge in [-0.2, -0.15) is 0 Å². The van der Waals surface area contributed by atoms with Gasteiger partial charge in [-0.15, -0.1) is 0 Å². The van der Waals surface area contributed by atoms with Gasteiger partial charge in [0, 0.05) is 17.8 Å². The number of hydrogen-bond acceptors (Lipinski definition) is 4. The molecule has 3 aromatic rings. The molecule has 0 spiro atoms. The number of anilines is 2. The monoisotopic (exact) mass is 424 g/mol. The molecule has 0 aliphatic carbocycles. The lowest BCUT2D eigenvalue weighted by Crippen LogP contribution is -2.33. The Morgan fingerprint density at radius 2 is 1.55 bits per heavy atom. The molecule has 0 radical (unpaired) electrons. The van der Waals surface area contributed by atoms with E-state index in [2.05, 4.69) is 5.32 Å². The SMILES string of the molecule is COc1cccc(NC2=C(c3ccc(F)cc3)C(=O)N(c3ccc(F)cc3F)C2=O)c1. The minimum Gasteiger partial charge on any atom is -0.497 e. The maximum atomic E-state index is 14.4. The minimum atomic E-state index is -1.07. The Hall–Kier alpha value is -4.07. The second-order valence-corrected chi connectivity index (χ2v) is 6.66. The fraction of sp³-hybridized carbons (Fsp3) is 0.0435. The normalized spacial score (nSPS) is 13.7. The van der Waals surface area contributed by atoms with Crippen molar-refractivity contribution in [3.05, 3.63) is 95.4 Å². The zero-order chi connectivity index (χ0) is 22.1. The number of imide groups is 1. The maximum Gasteiger partial charge on any atom is 0.282 e. The summed E-state index contributed by atoms with van der Waals surface area (Å²) in [4.78, 5) is 27.0. The highest BCUT2D eigenvalue weighted by molar-refractivity contribution is 6.46. The van der Waals surface area contributed by atoms with E-state index in [4.69, 9.17) is 4.74 Å². The first-order valence-corrected chi connectivity index (χ1v) is 9.14. The van der Waals surface area contributed by atoms with E-state index in [0.29, 0.717) is 22.4 Å². The summed E-state index contributed by atoms with van der Waals surface area (Å²) in [5, 5.41) is 2.89. The van der Waals surface area contributed by atoms with E-state index in [1.54, 1.807) is 24.3 Å². The molecule has 0 saturated carbocycles. The van der Waals surface area contributed by atoms with Crippen LogP contribution in [0.15, 0.2) is 72.4 Å². The highest BCUT2D eigenvalue weighted by Gasteiger charge is 2.41. The molecule has 1 N–H and O–H groups in total. The van der Waals surface area contributed by atoms with Crippen LogP contribution in [0, 0.1) is 17.5 Å². The van der Waals surface area contributed by atoms with E-state index < -0.39 is 35.0 Å². The van der Waals surface area contributed by atoms with Crippen LogP contribution in [0.25, 0.3) is 5.57 Å². The van der Waals surface area contributed by atoms with E-state index in [1.807, 2.05) is 0 Å². The van der Waals surface area contributed by atoms with Crippen LogP contribution < -0.4 is 15.0 Å². The summed E-state index contributed by atoms with van der Waals surface area (Å²) in [6.07, 6.45) is 0. The Labute approximate surface area is 175 Å². The number of methoxy groups -OCH3 is 1. The molecule has 0 fully saturated rings. The lowest BCUT2D eigenvalue weighted by atomic mass is 10.0. The molecule has 156 valence electrons. The van der Waals surface area contributed by atoms with Crippen LogP contribution in [0.2, 0.25) is 0 Å². The number of halogens is 3. The molecule has 2 amide bonds. The first-order valence-electron chi connectivity index (χ1n) is 9.14. The average Bonchev–Trinajstić information content (AvgIpc) is 2.99. The molecular formula is C23H15F3N2O3. The third-order valence-electron chi connectivity index (χ3n) is 4.71. The third-order valence-corrected chi connectivity index (χ3v) is 4.71. The Bertz CT molecular complexity index is 1220. The van der Waals surface area contributed by atoms with Crippen LogP contribution in [-0.2, 0) is 9.59 Å². The Morgan fingerprint density at radius 3 is 2.23 bits per heavy atom. The van der Waals surface area contributed by atoms with Crippen LogP contribution in [0.1, 0.15) is 5.56 Å². The van der Waals surface area contributed by atoms with Crippen molar-refractivity contribution >= 4 is 28.8 Å². The number of hydrogen-bond donors (Lipinski definition) is 1. The zero-order valence-electron chi connectivity index (χ0n) is 16.2. The third kappa shape index (κ3) is 3.75. The number of nitrogens with one attached hydrogen (secondary N) is 1. The van der Waals surface area contributed by atoms with Crippen LogP contribution in [-0.4, -0.2) is 18.9 Å². The molecule has 0 bridgehead atoms. The van der Waals surface area contributed by atoms with Gasteiger partial charge >= 0.3 is 0 Å². The van der Waals surface area contributed by atoms with Crippen molar-refractivity contribution in [1.29, 1.82) is 0 Å². The van der Waals surface area contributed by atoms with Crippen molar-refractivity contribution in [2.45, 2.75) is 0 Å². The Kier molecular flexibility index (Phi) is 5.21. The van der Waals surface area contributed by atoms with E-state index in [1.165, 1.54) is 19.2 Å². The van der Waals surface area contributed by atoms with E-state index in [0.717, 1.165) is 24.3 Å². The molecule has 0 unspecified atom stereocenters. The molecule has 1 aliphatic heterocycles. The van der Waals surface area contributed by atoms with Crippen LogP contribution in [0.5, 0.6) is 5.75 Å².